The molecular weight excluding hydrogens is 350 g/mol. The van der Waals surface area contributed by atoms with Gasteiger partial charge in [-0.15, -0.1) is 0 Å². The lowest BCUT2D eigenvalue weighted by atomic mass is 10.0. The van der Waals surface area contributed by atoms with Gasteiger partial charge in [0.2, 0.25) is 0 Å². The molecule has 0 saturated carbocycles. The molecule has 0 fully saturated rings. The molecular formula is C24H31NO3. The Bertz CT molecular complexity index is 779. The van der Waals surface area contributed by atoms with Crippen LogP contribution in [0, 0.1) is 12.8 Å². The molecule has 0 bridgehead atoms. The Hall–Kier alpha value is -2.75. The van der Waals surface area contributed by atoms with E-state index in [1.54, 1.807) is 12.1 Å². The van der Waals surface area contributed by atoms with Crippen molar-refractivity contribution in [3.05, 3.63) is 71.5 Å². The summed E-state index contributed by atoms with van der Waals surface area (Å²) >= 11 is 0. The van der Waals surface area contributed by atoms with Gasteiger partial charge in [0.15, 0.2) is 0 Å². The van der Waals surface area contributed by atoms with Crippen molar-refractivity contribution in [1.82, 2.24) is 5.32 Å². The third kappa shape index (κ3) is 6.15. The van der Waals surface area contributed by atoms with Crippen molar-refractivity contribution in [3.8, 4) is 5.75 Å². The van der Waals surface area contributed by atoms with E-state index in [-0.39, 0.29) is 17.5 Å². The summed E-state index contributed by atoms with van der Waals surface area (Å²) in [5, 5.41) is 12.6. The number of rotatable bonds is 9. The van der Waals surface area contributed by atoms with Crippen LogP contribution in [0.1, 0.15) is 56.3 Å². The highest BCUT2D eigenvalue weighted by Gasteiger charge is 2.16. The minimum absolute atomic E-state index is 0.161. The summed E-state index contributed by atoms with van der Waals surface area (Å²) < 4.78 is 5.80. The first-order chi connectivity index (χ1) is 13.4. The minimum atomic E-state index is -0.319. The number of nitrogens with one attached hydrogen (secondary N) is 1. The molecule has 150 valence electrons. The Morgan fingerprint density at radius 1 is 1.11 bits per heavy atom. The van der Waals surface area contributed by atoms with Crippen LogP contribution in [0.5, 0.6) is 5.75 Å². The molecule has 0 aromatic heterocycles. The molecule has 4 heteroatoms. The summed E-state index contributed by atoms with van der Waals surface area (Å²) in [5.74, 6) is 0.949. The van der Waals surface area contributed by atoms with Gasteiger partial charge < -0.3 is 15.2 Å². The highest BCUT2D eigenvalue weighted by Crippen LogP contribution is 2.21. The maximum Gasteiger partial charge on any atom is 0.255 e. The molecule has 0 aliphatic rings. The molecule has 2 aromatic carbocycles. The van der Waals surface area contributed by atoms with E-state index in [9.17, 15) is 9.90 Å². The van der Waals surface area contributed by atoms with Crippen LogP contribution in [0.3, 0.4) is 0 Å². The molecule has 1 amide bonds. The maximum absolute atomic E-state index is 12.6. The molecule has 2 unspecified atom stereocenters. The number of carbonyl (C=O) groups excluding carboxylic acids is 1. The first-order valence-corrected chi connectivity index (χ1v) is 9.89. The standard InChI is InChI=1S/C24H31NO3/c1-5-6-18(3)16-28-22-13-11-21(12-14-22)23(15-26)24(27)25-19(4)20-9-7-17(2)8-10-20/h7-15,18-19,26H,5-6,16H2,1-4H3,(H,25,27). The fraction of sp³-hybridized carbons (Fsp3) is 0.375. The fourth-order valence-electron chi connectivity index (χ4n) is 3.02. The molecule has 0 aliphatic heterocycles. The van der Waals surface area contributed by atoms with E-state index in [4.69, 9.17) is 4.74 Å². The minimum Gasteiger partial charge on any atom is -0.515 e. The highest BCUT2D eigenvalue weighted by molar-refractivity contribution is 6.19. The van der Waals surface area contributed by atoms with Crippen molar-refractivity contribution in [2.24, 2.45) is 5.92 Å². The Morgan fingerprint density at radius 2 is 1.75 bits per heavy atom. The van der Waals surface area contributed by atoms with E-state index < -0.39 is 0 Å². The highest BCUT2D eigenvalue weighted by atomic mass is 16.5. The van der Waals surface area contributed by atoms with Crippen LogP contribution in [0.2, 0.25) is 0 Å². The number of hydrogen-bond acceptors (Lipinski definition) is 3. The molecule has 2 N–H and O–H groups in total. The third-order valence-electron chi connectivity index (χ3n) is 4.78. The monoisotopic (exact) mass is 381 g/mol. The van der Waals surface area contributed by atoms with Gasteiger partial charge >= 0.3 is 0 Å². The van der Waals surface area contributed by atoms with Gasteiger partial charge in [0.05, 0.1) is 24.5 Å². The van der Waals surface area contributed by atoms with E-state index in [1.807, 2.05) is 50.2 Å². The fourth-order valence-corrected chi connectivity index (χ4v) is 3.02. The van der Waals surface area contributed by atoms with Gasteiger partial charge in [-0.05, 0) is 49.4 Å². The summed E-state index contributed by atoms with van der Waals surface area (Å²) in [4.78, 5) is 12.6. The third-order valence-corrected chi connectivity index (χ3v) is 4.78. The predicted molar refractivity (Wildman–Crippen MR) is 114 cm³/mol. The van der Waals surface area contributed by atoms with Gasteiger partial charge in [0.1, 0.15) is 5.75 Å². The maximum atomic E-state index is 12.6. The lowest BCUT2D eigenvalue weighted by molar-refractivity contribution is -0.116. The average Bonchev–Trinajstić information content (AvgIpc) is 2.68. The van der Waals surface area contributed by atoms with Crippen LogP contribution in [0.25, 0.3) is 5.57 Å². The number of amides is 1. The molecule has 0 saturated heterocycles. The number of carbonyl (C=O) groups is 1. The van der Waals surface area contributed by atoms with Gasteiger partial charge in [-0.2, -0.15) is 0 Å². The number of aliphatic hydroxyl groups excluding tert-OH is 1. The summed E-state index contributed by atoms with van der Waals surface area (Å²) in [6.45, 7) is 8.96. The molecule has 28 heavy (non-hydrogen) atoms. The zero-order chi connectivity index (χ0) is 20.5. The Balaban J connectivity index is 1.99. The topological polar surface area (TPSA) is 58.6 Å². The number of hydrogen-bond donors (Lipinski definition) is 2. The normalized spacial score (nSPS) is 13.6. The first-order valence-electron chi connectivity index (χ1n) is 9.89. The van der Waals surface area contributed by atoms with Crippen molar-refractivity contribution in [2.75, 3.05) is 6.61 Å². The van der Waals surface area contributed by atoms with Crippen molar-refractivity contribution < 1.29 is 14.6 Å². The zero-order valence-electron chi connectivity index (χ0n) is 17.2. The summed E-state index contributed by atoms with van der Waals surface area (Å²) in [6.07, 6.45) is 3.13. The van der Waals surface area contributed by atoms with Crippen LogP contribution >= 0.6 is 0 Å². The molecule has 2 aromatic rings. The zero-order valence-corrected chi connectivity index (χ0v) is 17.2. The molecule has 0 heterocycles. The van der Waals surface area contributed by atoms with Crippen molar-refractivity contribution in [2.45, 2.75) is 46.6 Å². The molecule has 2 rings (SSSR count). The van der Waals surface area contributed by atoms with Crippen molar-refractivity contribution in [1.29, 1.82) is 0 Å². The van der Waals surface area contributed by atoms with E-state index in [2.05, 4.69) is 19.2 Å². The lowest BCUT2D eigenvalue weighted by Crippen LogP contribution is -2.27. The average molecular weight is 382 g/mol. The smallest absolute Gasteiger partial charge is 0.255 e. The van der Waals surface area contributed by atoms with E-state index in [1.165, 1.54) is 5.56 Å². The van der Waals surface area contributed by atoms with Gasteiger partial charge in [-0.3, -0.25) is 4.79 Å². The van der Waals surface area contributed by atoms with Crippen LogP contribution in [-0.2, 0) is 4.79 Å². The largest absolute Gasteiger partial charge is 0.515 e. The quantitative estimate of drug-likeness (QED) is 0.440. The first kappa shape index (κ1) is 21.5. The summed E-state index contributed by atoms with van der Waals surface area (Å²) in [5.41, 5.74) is 3.06. The molecule has 4 nitrogen and oxygen atoms in total. The number of aliphatic hydroxyl groups is 1. The SMILES string of the molecule is CCCC(C)COc1ccc(C(=CO)C(=O)NC(C)c2ccc(C)cc2)cc1. The van der Waals surface area contributed by atoms with Gasteiger partial charge in [0, 0.05) is 0 Å². The summed E-state index contributed by atoms with van der Waals surface area (Å²) in [7, 11) is 0. The molecule has 0 spiro atoms. The number of benzene rings is 2. The van der Waals surface area contributed by atoms with Gasteiger partial charge in [0.25, 0.3) is 5.91 Å². The molecule has 0 radical (unpaired) electrons. The van der Waals surface area contributed by atoms with Crippen LogP contribution in [0.4, 0.5) is 0 Å². The van der Waals surface area contributed by atoms with Gasteiger partial charge in [-0.25, -0.2) is 0 Å². The van der Waals surface area contributed by atoms with Crippen molar-refractivity contribution in [3.63, 3.8) is 0 Å². The van der Waals surface area contributed by atoms with Crippen LogP contribution < -0.4 is 10.1 Å². The number of ether oxygens (including phenoxy) is 1. The lowest BCUT2D eigenvalue weighted by Gasteiger charge is -2.16. The van der Waals surface area contributed by atoms with Crippen LogP contribution in [-0.4, -0.2) is 17.6 Å². The van der Waals surface area contributed by atoms with Crippen LogP contribution in [0.15, 0.2) is 54.8 Å². The van der Waals surface area contributed by atoms with Crippen molar-refractivity contribution >= 4 is 11.5 Å². The summed E-state index contributed by atoms with van der Waals surface area (Å²) in [6, 6.07) is 15.1. The van der Waals surface area contributed by atoms with E-state index in [0.29, 0.717) is 18.1 Å². The Labute approximate surface area is 168 Å². The predicted octanol–water partition coefficient (Wildman–Crippen LogP) is 5.59. The second-order valence-electron chi connectivity index (χ2n) is 7.38. The van der Waals surface area contributed by atoms with Gasteiger partial charge in [-0.1, -0.05) is 62.2 Å². The molecule has 2 atom stereocenters. The molecule has 0 aliphatic carbocycles. The Morgan fingerprint density at radius 3 is 2.32 bits per heavy atom. The van der Waals surface area contributed by atoms with E-state index in [0.717, 1.165) is 30.4 Å². The second-order valence-corrected chi connectivity index (χ2v) is 7.38. The Kier molecular flexibility index (Phi) is 8.12. The second kappa shape index (κ2) is 10.5. The van der Waals surface area contributed by atoms with E-state index >= 15 is 0 Å². The number of aryl methyl sites for hydroxylation is 1.